The molecule has 1 aromatic heterocycles. The Labute approximate surface area is 165 Å². The normalized spacial score (nSPS) is 17.9. The summed E-state index contributed by atoms with van der Waals surface area (Å²) in [4.78, 5) is 31.5. The highest BCUT2D eigenvalue weighted by molar-refractivity contribution is 5.86. The van der Waals surface area contributed by atoms with E-state index in [-0.39, 0.29) is 18.5 Å². The fourth-order valence-corrected chi connectivity index (χ4v) is 4.32. The molecular weight excluding hydrogens is 356 g/mol. The average Bonchev–Trinajstić information content (AvgIpc) is 3.41. The quantitative estimate of drug-likeness (QED) is 0.851. The van der Waals surface area contributed by atoms with E-state index in [0.29, 0.717) is 19.0 Å². The number of aromatic amines is 1. The molecule has 0 spiro atoms. The van der Waals surface area contributed by atoms with Gasteiger partial charge in [-0.25, -0.2) is 4.79 Å². The van der Waals surface area contributed by atoms with Crippen molar-refractivity contribution in [2.24, 2.45) is 0 Å². The number of aromatic nitrogens is 1. The maximum Gasteiger partial charge on any atom is 0.317 e. The first-order chi connectivity index (χ1) is 13.7. The minimum Gasteiger partial charge on any atom is -0.497 e. The van der Waals surface area contributed by atoms with Crippen molar-refractivity contribution in [2.45, 2.75) is 31.6 Å². The number of rotatable bonds is 4. The Hall–Kier alpha value is -2.70. The van der Waals surface area contributed by atoms with Crippen molar-refractivity contribution in [3.8, 4) is 5.75 Å². The molecule has 28 heavy (non-hydrogen) atoms. The topological polar surface area (TPSA) is 77.7 Å². The summed E-state index contributed by atoms with van der Waals surface area (Å²) in [5.74, 6) is 1.29. The zero-order valence-corrected chi connectivity index (χ0v) is 16.4. The van der Waals surface area contributed by atoms with Gasteiger partial charge < -0.3 is 24.8 Å². The number of likely N-dealkylation sites (tertiary alicyclic amines) is 2. The Kier molecular flexibility index (Phi) is 5.41. The van der Waals surface area contributed by atoms with Crippen LogP contribution in [0.2, 0.25) is 0 Å². The van der Waals surface area contributed by atoms with Crippen LogP contribution >= 0.6 is 0 Å². The molecule has 2 aromatic rings. The predicted molar refractivity (Wildman–Crippen MR) is 108 cm³/mol. The van der Waals surface area contributed by atoms with Gasteiger partial charge in [0.1, 0.15) is 5.75 Å². The van der Waals surface area contributed by atoms with Gasteiger partial charge in [0, 0.05) is 43.3 Å². The van der Waals surface area contributed by atoms with E-state index in [4.69, 9.17) is 4.74 Å². The second-order valence-corrected chi connectivity index (χ2v) is 7.66. The van der Waals surface area contributed by atoms with Gasteiger partial charge in [-0.15, -0.1) is 0 Å². The molecule has 2 fully saturated rings. The van der Waals surface area contributed by atoms with Crippen LogP contribution in [0, 0.1) is 0 Å². The van der Waals surface area contributed by atoms with Gasteiger partial charge in [0.2, 0.25) is 5.91 Å². The number of benzene rings is 1. The van der Waals surface area contributed by atoms with Crippen LogP contribution in [0.25, 0.3) is 10.9 Å². The summed E-state index contributed by atoms with van der Waals surface area (Å²) < 4.78 is 5.36. The largest absolute Gasteiger partial charge is 0.497 e. The molecule has 2 saturated heterocycles. The number of methoxy groups -OCH3 is 1. The fourth-order valence-electron chi connectivity index (χ4n) is 4.32. The van der Waals surface area contributed by atoms with Crippen molar-refractivity contribution in [2.75, 3.05) is 39.8 Å². The molecule has 7 heteroatoms. The van der Waals surface area contributed by atoms with Gasteiger partial charge in [-0.3, -0.25) is 4.79 Å². The molecule has 3 amide bonds. The SMILES string of the molecule is COc1ccc2[nH]cc(C3CCN(C(=O)NCC(=O)N4CCCC4)CC3)c2c1. The molecule has 0 radical (unpaired) electrons. The number of piperidine rings is 1. The Bertz CT molecular complexity index is 848. The molecule has 4 rings (SSSR count). The van der Waals surface area contributed by atoms with E-state index in [1.807, 2.05) is 21.9 Å². The van der Waals surface area contributed by atoms with Crippen LogP contribution in [-0.2, 0) is 4.79 Å². The second kappa shape index (κ2) is 8.12. The maximum atomic E-state index is 12.4. The number of hydrogen-bond acceptors (Lipinski definition) is 3. The lowest BCUT2D eigenvalue weighted by atomic mass is 9.89. The van der Waals surface area contributed by atoms with E-state index >= 15 is 0 Å². The minimum absolute atomic E-state index is 0.0217. The van der Waals surface area contributed by atoms with E-state index in [1.54, 1.807) is 7.11 Å². The molecule has 0 atom stereocenters. The Balaban J connectivity index is 1.32. The summed E-state index contributed by atoms with van der Waals surface area (Å²) in [6.07, 6.45) is 6.04. The molecule has 1 aromatic carbocycles. The van der Waals surface area contributed by atoms with Crippen LogP contribution < -0.4 is 10.1 Å². The lowest BCUT2D eigenvalue weighted by Gasteiger charge is -2.32. The third kappa shape index (κ3) is 3.79. The number of fused-ring (bicyclic) bond motifs is 1. The number of carbonyl (C=O) groups excluding carboxylic acids is 2. The highest BCUT2D eigenvalue weighted by Gasteiger charge is 2.26. The van der Waals surface area contributed by atoms with Crippen molar-refractivity contribution in [3.05, 3.63) is 30.0 Å². The average molecular weight is 384 g/mol. The van der Waals surface area contributed by atoms with Gasteiger partial charge in [0.05, 0.1) is 13.7 Å². The molecule has 2 aliphatic heterocycles. The Morgan fingerprint density at radius 2 is 1.89 bits per heavy atom. The zero-order valence-electron chi connectivity index (χ0n) is 16.4. The first-order valence-electron chi connectivity index (χ1n) is 10.1. The van der Waals surface area contributed by atoms with Gasteiger partial charge in [-0.05, 0) is 55.4 Å². The number of amides is 3. The monoisotopic (exact) mass is 384 g/mol. The summed E-state index contributed by atoms with van der Waals surface area (Å²) in [6, 6.07) is 5.94. The molecule has 0 unspecified atom stereocenters. The number of ether oxygens (including phenoxy) is 1. The summed E-state index contributed by atoms with van der Waals surface area (Å²) >= 11 is 0. The summed E-state index contributed by atoms with van der Waals surface area (Å²) in [5, 5.41) is 3.99. The number of carbonyl (C=O) groups is 2. The molecule has 3 heterocycles. The van der Waals surface area contributed by atoms with Gasteiger partial charge in [0.15, 0.2) is 0 Å². The van der Waals surface area contributed by atoms with Crippen LogP contribution in [-0.4, -0.2) is 66.6 Å². The maximum absolute atomic E-state index is 12.4. The van der Waals surface area contributed by atoms with Gasteiger partial charge in [-0.1, -0.05) is 0 Å². The lowest BCUT2D eigenvalue weighted by Crippen LogP contribution is -2.47. The van der Waals surface area contributed by atoms with Crippen molar-refractivity contribution in [3.63, 3.8) is 0 Å². The number of nitrogens with zero attached hydrogens (tertiary/aromatic N) is 2. The van der Waals surface area contributed by atoms with Gasteiger partial charge in [-0.2, -0.15) is 0 Å². The molecule has 0 aliphatic carbocycles. The van der Waals surface area contributed by atoms with Crippen molar-refractivity contribution >= 4 is 22.8 Å². The first kappa shape index (κ1) is 18.7. The van der Waals surface area contributed by atoms with E-state index in [2.05, 4.69) is 22.6 Å². The molecule has 150 valence electrons. The van der Waals surface area contributed by atoms with Gasteiger partial charge >= 0.3 is 6.03 Å². The van der Waals surface area contributed by atoms with Crippen LogP contribution in [0.4, 0.5) is 4.79 Å². The van der Waals surface area contributed by atoms with Crippen LogP contribution in [0.1, 0.15) is 37.2 Å². The predicted octanol–water partition coefficient (Wildman–Crippen LogP) is 2.69. The van der Waals surface area contributed by atoms with Crippen molar-refractivity contribution < 1.29 is 14.3 Å². The number of nitrogens with one attached hydrogen (secondary N) is 2. The Morgan fingerprint density at radius 3 is 2.61 bits per heavy atom. The number of urea groups is 1. The zero-order chi connectivity index (χ0) is 19.5. The molecule has 7 nitrogen and oxygen atoms in total. The van der Waals surface area contributed by atoms with Crippen molar-refractivity contribution in [1.29, 1.82) is 0 Å². The van der Waals surface area contributed by atoms with E-state index in [1.165, 1.54) is 10.9 Å². The van der Waals surface area contributed by atoms with Crippen LogP contribution in [0.3, 0.4) is 0 Å². The second-order valence-electron chi connectivity index (χ2n) is 7.66. The summed E-state index contributed by atoms with van der Waals surface area (Å²) in [5.41, 5.74) is 2.40. The van der Waals surface area contributed by atoms with Gasteiger partial charge in [0.25, 0.3) is 0 Å². The standard InChI is InChI=1S/C21H28N4O3/c1-28-16-4-5-19-17(12-16)18(13-22-19)15-6-10-25(11-7-15)21(27)23-14-20(26)24-8-2-3-9-24/h4-5,12-13,15,22H,2-3,6-11,14H2,1H3,(H,23,27). The van der Waals surface area contributed by atoms with E-state index in [9.17, 15) is 9.59 Å². The van der Waals surface area contributed by atoms with E-state index in [0.717, 1.165) is 50.0 Å². The third-order valence-corrected chi connectivity index (χ3v) is 5.99. The number of hydrogen-bond donors (Lipinski definition) is 2. The third-order valence-electron chi connectivity index (χ3n) is 5.99. The minimum atomic E-state index is -0.133. The lowest BCUT2D eigenvalue weighted by molar-refractivity contribution is -0.129. The summed E-state index contributed by atoms with van der Waals surface area (Å²) in [7, 11) is 1.68. The van der Waals surface area contributed by atoms with Crippen LogP contribution in [0.15, 0.2) is 24.4 Å². The highest BCUT2D eigenvalue weighted by Crippen LogP contribution is 2.34. The Morgan fingerprint density at radius 1 is 1.14 bits per heavy atom. The van der Waals surface area contributed by atoms with E-state index < -0.39 is 0 Å². The molecule has 0 bridgehead atoms. The first-order valence-corrected chi connectivity index (χ1v) is 10.1. The molecule has 2 aliphatic rings. The highest BCUT2D eigenvalue weighted by atomic mass is 16.5. The fraction of sp³-hybridized carbons (Fsp3) is 0.524. The molecular formula is C21H28N4O3. The number of H-pyrrole nitrogens is 1. The summed E-state index contributed by atoms with van der Waals surface area (Å²) in [6.45, 7) is 3.13. The molecule has 0 saturated carbocycles. The molecule has 2 N–H and O–H groups in total. The van der Waals surface area contributed by atoms with Crippen molar-refractivity contribution in [1.82, 2.24) is 20.1 Å². The smallest absolute Gasteiger partial charge is 0.317 e. The van der Waals surface area contributed by atoms with Crippen LogP contribution in [0.5, 0.6) is 5.75 Å².